The summed E-state index contributed by atoms with van der Waals surface area (Å²) in [6.45, 7) is -0.0690. The van der Waals surface area contributed by atoms with E-state index in [0.29, 0.717) is 23.1 Å². The summed E-state index contributed by atoms with van der Waals surface area (Å²) in [5.41, 5.74) is -0.201. The highest BCUT2D eigenvalue weighted by molar-refractivity contribution is 5.98. The van der Waals surface area contributed by atoms with Gasteiger partial charge in [-0.3, -0.25) is 14.5 Å². The standard InChI is InChI=1S/C39H45F5N4O4/c40-38(41)20-47(21-38)26-3-5-28(6-4-26)52-29-7-8-30-32(19-48(27-1-2-27)34(30)17-29)33-10-9-31(36(46-33)39(42,43)44)37(51)45-18-25-14-22-11-23(15-25)13-24(12-22)16-35(49)50/h7-10,17,19,22-28H,1-6,11-16,18,20-21H2,(H,45,51)(H,49,50)/t22?,23?,24?,25?,26-,28-. The number of alkyl halides is 5. The minimum atomic E-state index is -4.85. The normalized spacial score (nSPS) is 29.0. The Morgan fingerprint density at radius 3 is 2.21 bits per heavy atom. The van der Waals surface area contributed by atoms with Gasteiger partial charge in [0.15, 0.2) is 5.69 Å². The summed E-state index contributed by atoms with van der Waals surface area (Å²) in [6, 6.07) is 8.70. The maximum absolute atomic E-state index is 14.5. The lowest BCUT2D eigenvalue weighted by molar-refractivity contribution is -0.151. The molecule has 5 fully saturated rings. The first-order chi connectivity index (χ1) is 24.8. The number of fused-ring (bicyclic) bond motifs is 3. The molecule has 2 aromatic heterocycles. The summed E-state index contributed by atoms with van der Waals surface area (Å²) in [6.07, 6.45) is 6.56. The summed E-state index contributed by atoms with van der Waals surface area (Å²) >= 11 is 0. The molecule has 1 amide bonds. The van der Waals surface area contributed by atoms with Gasteiger partial charge in [0.2, 0.25) is 0 Å². The van der Waals surface area contributed by atoms with E-state index in [1.807, 2.05) is 29.3 Å². The zero-order valence-electron chi connectivity index (χ0n) is 29.0. The quantitative estimate of drug-likeness (QED) is 0.204. The van der Waals surface area contributed by atoms with Crippen molar-refractivity contribution in [1.29, 1.82) is 0 Å². The molecule has 2 unspecified atom stereocenters. The van der Waals surface area contributed by atoms with Crippen molar-refractivity contribution in [2.24, 2.45) is 23.7 Å². The van der Waals surface area contributed by atoms with Crippen LogP contribution in [0.3, 0.4) is 0 Å². The van der Waals surface area contributed by atoms with Crippen LogP contribution in [-0.2, 0) is 11.0 Å². The van der Waals surface area contributed by atoms with Crippen molar-refractivity contribution in [1.82, 2.24) is 19.8 Å². The van der Waals surface area contributed by atoms with E-state index in [9.17, 15) is 36.6 Å². The van der Waals surface area contributed by atoms with Gasteiger partial charge in [0.1, 0.15) is 5.75 Å². The average Bonchev–Trinajstić information content (AvgIpc) is 3.85. The van der Waals surface area contributed by atoms with Crippen molar-refractivity contribution in [2.45, 2.75) is 107 Å². The van der Waals surface area contributed by atoms with E-state index in [0.717, 1.165) is 81.5 Å². The van der Waals surface area contributed by atoms with Crippen LogP contribution in [0.5, 0.6) is 5.75 Å². The predicted molar refractivity (Wildman–Crippen MR) is 183 cm³/mol. The number of nitrogens with one attached hydrogen (secondary N) is 1. The van der Waals surface area contributed by atoms with Crippen LogP contribution in [0, 0.1) is 23.7 Å². The molecule has 2 bridgehead atoms. The summed E-state index contributed by atoms with van der Waals surface area (Å²) in [4.78, 5) is 30.4. The van der Waals surface area contributed by atoms with Crippen LogP contribution >= 0.6 is 0 Å². The molecular formula is C39H45F5N4O4. The number of rotatable bonds is 10. The molecule has 4 aliphatic carbocycles. The molecule has 3 heterocycles. The molecule has 2 N–H and O–H groups in total. The first kappa shape index (κ1) is 35.3. The van der Waals surface area contributed by atoms with Gasteiger partial charge in [0, 0.05) is 48.3 Å². The molecule has 1 saturated heterocycles. The number of halogens is 5. The summed E-state index contributed by atoms with van der Waals surface area (Å²) < 4.78 is 78.7. The summed E-state index contributed by atoms with van der Waals surface area (Å²) in [5, 5.41) is 12.7. The van der Waals surface area contributed by atoms with Crippen molar-refractivity contribution in [3.05, 3.63) is 47.8 Å². The Bertz CT molecular complexity index is 1810. The molecule has 5 aliphatic rings. The third-order valence-electron chi connectivity index (χ3n) is 12.1. The maximum atomic E-state index is 14.5. The van der Waals surface area contributed by atoms with Crippen molar-refractivity contribution in [3.63, 3.8) is 0 Å². The summed E-state index contributed by atoms with van der Waals surface area (Å²) in [5.74, 6) is -2.44. The Balaban J connectivity index is 0.961. The number of carboxylic acid groups (broad SMARTS) is 1. The number of aliphatic carboxylic acids is 1. The SMILES string of the molecule is O=C(O)CC1CC2CC(CNC(=O)c3ccc(-c4cn(C5CC5)c5cc(O[C@H]6CC[C@H](N7CC(F)(F)C7)CC6)ccc45)nc3C(F)(F)F)CC(C1)C2. The fourth-order valence-electron chi connectivity index (χ4n) is 9.74. The number of carbonyl (C=O) groups is 2. The monoisotopic (exact) mass is 728 g/mol. The fraction of sp³-hybridized carbons (Fsp3) is 0.615. The minimum absolute atomic E-state index is 0.0390. The number of nitrogens with zero attached hydrogens (tertiary/aromatic N) is 3. The van der Waals surface area contributed by atoms with Gasteiger partial charge in [-0.05, 0) is 119 Å². The van der Waals surface area contributed by atoms with Gasteiger partial charge in [-0.15, -0.1) is 0 Å². The molecule has 13 heteroatoms. The van der Waals surface area contributed by atoms with Crippen LogP contribution in [0.25, 0.3) is 22.2 Å². The lowest BCUT2D eigenvalue weighted by atomic mass is 9.64. The molecular weight excluding hydrogens is 683 g/mol. The zero-order valence-corrected chi connectivity index (χ0v) is 29.0. The third kappa shape index (κ3) is 7.52. The lowest BCUT2D eigenvalue weighted by Crippen LogP contribution is -2.60. The van der Waals surface area contributed by atoms with E-state index in [1.165, 1.54) is 12.1 Å². The van der Waals surface area contributed by atoms with Crippen molar-refractivity contribution >= 4 is 22.8 Å². The maximum Gasteiger partial charge on any atom is 0.434 e. The van der Waals surface area contributed by atoms with E-state index in [-0.39, 0.29) is 61.8 Å². The molecule has 0 spiro atoms. The van der Waals surface area contributed by atoms with E-state index in [1.54, 1.807) is 0 Å². The molecule has 52 heavy (non-hydrogen) atoms. The lowest BCUT2D eigenvalue weighted by Gasteiger charge is -2.46. The second kappa shape index (κ2) is 13.6. The smallest absolute Gasteiger partial charge is 0.434 e. The molecule has 2 atom stereocenters. The number of likely N-dealkylation sites (tertiary alicyclic amines) is 1. The Kier molecular flexibility index (Phi) is 9.23. The van der Waals surface area contributed by atoms with Gasteiger partial charge >= 0.3 is 12.1 Å². The minimum Gasteiger partial charge on any atom is -0.490 e. The van der Waals surface area contributed by atoms with Crippen LogP contribution < -0.4 is 10.1 Å². The Morgan fingerprint density at radius 2 is 1.58 bits per heavy atom. The second-order valence-electron chi connectivity index (χ2n) is 16.2. The Morgan fingerprint density at radius 1 is 0.904 bits per heavy atom. The first-order valence-electron chi connectivity index (χ1n) is 18.8. The highest BCUT2D eigenvalue weighted by Crippen LogP contribution is 2.46. The van der Waals surface area contributed by atoms with Crippen LogP contribution in [0.1, 0.15) is 99.1 Å². The molecule has 8 rings (SSSR count). The van der Waals surface area contributed by atoms with Crippen molar-refractivity contribution in [2.75, 3.05) is 19.6 Å². The zero-order chi connectivity index (χ0) is 36.4. The fourth-order valence-corrected chi connectivity index (χ4v) is 9.74. The average molecular weight is 729 g/mol. The number of carbonyl (C=O) groups excluding carboxylic acids is 1. The van der Waals surface area contributed by atoms with E-state index >= 15 is 0 Å². The van der Waals surface area contributed by atoms with Crippen LogP contribution in [0.4, 0.5) is 22.0 Å². The number of hydrogen-bond acceptors (Lipinski definition) is 5. The Hall–Kier alpha value is -3.74. The van der Waals surface area contributed by atoms with Crippen LogP contribution in [-0.4, -0.2) is 69.1 Å². The van der Waals surface area contributed by atoms with Crippen molar-refractivity contribution in [3.8, 4) is 17.0 Å². The van der Waals surface area contributed by atoms with Gasteiger partial charge in [0.05, 0.1) is 36.0 Å². The number of benzene rings is 1. The van der Waals surface area contributed by atoms with E-state index in [2.05, 4.69) is 14.9 Å². The molecule has 4 saturated carbocycles. The van der Waals surface area contributed by atoms with Gasteiger partial charge in [-0.1, -0.05) is 0 Å². The molecule has 8 nitrogen and oxygen atoms in total. The first-order valence-corrected chi connectivity index (χ1v) is 18.8. The van der Waals surface area contributed by atoms with Crippen LogP contribution in [0.2, 0.25) is 0 Å². The highest BCUT2D eigenvalue weighted by atomic mass is 19.4. The second-order valence-corrected chi connectivity index (χ2v) is 16.2. The highest BCUT2D eigenvalue weighted by Gasteiger charge is 2.47. The largest absolute Gasteiger partial charge is 0.490 e. The number of carboxylic acids is 1. The molecule has 280 valence electrons. The van der Waals surface area contributed by atoms with Gasteiger partial charge in [0.25, 0.3) is 11.8 Å². The van der Waals surface area contributed by atoms with Gasteiger partial charge in [-0.2, -0.15) is 13.2 Å². The number of hydrogen-bond donors (Lipinski definition) is 2. The topological polar surface area (TPSA) is 96.7 Å². The van der Waals surface area contributed by atoms with Gasteiger partial charge < -0.3 is 19.7 Å². The molecule has 3 aromatic rings. The number of ether oxygens (including phenoxy) is 1. The van der Waals surface area contributed by atoms with Crippen LogP contribution in [0.15, 0.2) is 36.5 Å². The van der Waals surface area contributed by atoms with E-state index < -0.39 is 35.2 Å². The molecule has 0 radical (unpaired) electrons. The number of pyridine rings is 1. The Labute approximate surface area is 299 Å². The predicted octanol–water partition coefficient (Wildman–Crippen LogP) is 8.34. The van der Waals surface area contributed by atoms with Gasteiger partial charge in [-0.25, -0.2) is 13.8 Å². The molecule has 1 aromatic carbocycles. The number of aromatic nitrogens is 2. The molecule has 1 aliphatic heterocycles. The summed E-state index contributed by atoms with van der Waals surface area (Å²) in [7, 11) is 0. The van der Waals surface area contributed by atoms with Crippen molar-refractivity contribution < 1.29 is 41.4 Å². The van der Waals surface area contributed by atoms with E-state index in [4.69, 9.17) is 4.74 Å². The third-order valence-corrected chi connectivity index (χ3v) is 12.1. The number of amides is 1.